The second-order valence-corrected chi connectivity index (χ2v) is 10.5. The fourth-order valence-corrected chi connectivity index (χ4v) is 4.85. The van der Waals surface area contributed by atoms with E-state index in [2.05, 4.69) is 15.2 Å². The number of hydrogen-bond acceptors (Lipinski definition) is 8. The van der Waals surface area contributed by atoms with Crippen molar-refractivity contribution in [2.24, 2.45) is 11.5 Å². The second kappa shape index (κ2) is 12.9. The number of aliphatic hydroxyl groups excluding tert-OH is 1. The van der Waals surface area contributed by atoms with Gasteiger partial charge in [0.2, 0.25) is 5.91 Å². The van der Waals surface area contributed by atoms with Gasteiger partial charge >= 0.3 is 11.7 Å². The Kier molecular flexibility index (Phi) is 10.1. The molecule has 0 radical (unpaired) electrons. The first-order valence-corrected chi connectivity index (χ1v) is 13.0. The Morgan fingerprint density at radius 2 is 1.79 bits per heavy atom. The molecule has 6 N–H and O–H groups in total. The molecule has 3 amide bonds. The van der Waals surface area contributed by atoms with Crippen LogP contribution >= 0.6 is 12.4 Å². The number of halogens is 1. The summed E-state index contributed by atoms with van der Waals surface area (Å²) < 4.78 is 1.43. The smallest absolute Gasteiger partial charge is 0.354 e. The highest BCUT2D eigenvalue weighted by Gasteiger charge is 2.37. The molecule has 2 atom stereocenters. The predicted octanol–water partition coefficient (Wildman–Crippen LogP) is 0.352. The highest BCUT2D eigenvalue weighted by molar-refractivity contribution is 5.89. The van der Waals surface area contributed by atoms with Crippen LogP contribution in [0.5, 0.6) is 0 Å². The zero-order valence-corrected chi connectivity index (χ0v) is 23.3. The molecule has 2 aromatic rings. The molecule has 2 aliphatic heterocycles. The first-order chi connectivity index (χ1) is 18.1. The van der Waals surface area contributed by atoms with E-state index < -0.39 is 23.9 Å². The van der Waals surface area contributed by atoms with Gasteiger partial charge in [-0.25, -0.2) is 9.59 Å². The van der Waals surface area contributed by atoms with E-state index in [0.29, 0.717) is 18.3 Å². The Morgan fingerprint density at radius 1 is 1.13 bits per heavy atom. The van der Waals surface area contributed by atoms with E-state index >= 15 is 0 Å². The van der Waals surface area contributed by atoms with Crippen molar-refractivity contribution in [1.29, 1.82) is 0 Å². The van der Waals surface area contributed by atoms with E-state index in [9.17, 15) is 19.5 Å². The number of carbonyl (C=O) groups is 2. The highest BCUT2D eigenvalue weighted by atomic mass is 35.5. The Labute approximate surface area is 234 Å². The number of aliphatic hydroxyl groups is 1. The summed E-state index contributed by atoms with van der Waals surface area (Å²) in [6, 6.07) is 8.96. The van der Waals surface area contributed by atoms with Crippen molar-refractivity contribution in [3.63, 3.8) is 0 Å². The largest absolute Gasteiger partial charge is 0.394 e. The molecular formula is C26H39ClN8O4. The molecule has 2 fully saturated rings. The number of carbonyl (C=O) groups excluding carboxylic acids is 2. The molecule has 0 bridgehead atoms. The average Bonchev–Trinajstić information content (AvgIpc) is 2.90. The van der Waals surface area contributed by atoms with Crippen LogP contribution in [0.2, 0.25) is 0 Å². The van der Waals surface area contributed by atoms with Crippen molar-refractivity contribution in [1.82, 2.24) is 24.3 Å². The predicted molar refractivity (Wildman–Crippen MR) is 151 cm³/mol. The topological polar surface area (TPSA) is 163 Å². The van der Waals surface area contributed by atoms with Gasteiger partial charge in [-0.15, -0.1) is 12.4 Å². The number of amides is 3. The lowest BCUT2D eigenvalue weighted by molar-refractivity contribution is -0.140. The van der Waals surface area contributed by atoms with Crippen molar-refractivity contribution in [3.8, 4) is 5.69 Å². The first-order valence-electron chi connectivity index (χ1n) is 13.0. The summed E-state index contributed by atoms with van der Waals surface area (Å²) >= 11 is 0. The zero-order valence-electron chi connectivity index (χ0n) is 22.5. The number of aromatic nitrogens is 2. The summed E-state index contributed by atoms with van der Waals surface area (Å²) in [5.41, 5.74) is 11.8. The number of likely N-dealkylation sites (tertiary alicyclic amines) is 1. The molecule has 0 saturated carbocycles. The Morgan fingerprint density at radius 3 is 2.38 bits per heavy atom. The van der Waals surface area contributed by atoms with Crippen LogP contribution in [0.25, 0.3) is 5.69 Å². The maximum atomic E-state index is 12.9. The number of nitrogens with one attached hydrogen (secondary N) is 1. The van der Waals surface area contributed by atoms with Crippen LogP contribution in [-0.2, 0) is 11.3 Å². The maximum absolute atomic E-state index is 12.9. The van der Waals surface area contributed by atoms with E-state index in [-0.39, 0.29) is 43.3 Å². The molecule has 0 unspecified atom stereocenters. The number of piperidine rings is 1. The summed E-state index contributed by atoms with van der Waals surface area (Å²) in [5.74, 6) is -0.210. The fraction of sp³-hybridized carbons (Fsp3) is 0.538. The van der Waals surface area contributed by atoms with Crippen molar-refractivity contribution in [2.45, 2.75) is 50.9 Å². The standard InChI is InChI=1S/C26H38N8O4.ClH/c1-18-15-32(23(36)26(2,28)17-35)13-14-33(18)24(37)29-22-9-12-34(25(38)30-22)21-5-3-19(4-6-21)16-31-10-7-20(27)8-11-31;/h3-6,9,12,18,20,35H,7-8,10-11,13-17,27-28H2,1-2H3,(H,29,30,37,38);1H/t18-,26+;/m1./s1. The van der Waals surface area contributed by atoms with Gasteiger partial charge < -0.3 is 26.4 Å². The SMILES string of the molecule is C[C@@H]1CN(C(=O)[C@@](C)(N)CO)CCN1C(=O)Nc1ccn(-c2ccc(CN3CCC(N)CC3)cc2)c(=O)n1.Cl. The molecule has 39 heavy (non-hydrogen) atoms. The summed E-state index contributed by atoms with van der Waals surface area (Å²) in [5, 5.41) is 12.1. The van der Waals surface area contributed by atoms with E-state index in [0.717, 1.165) is 38.0 Å². The lowest BCUT2D eigenvalue weighted by Crippen LogP contribution is -2.62. The quantitative estimate of drug-likeness (QED) is 0.392. The molecule has 0 spiro atoms. The van der Waals surface area contributed by atoms with Crippen molar-refractivity contribution in [3.05, 3.63) is 52.6 Å². The van der Waals surface area contributed by atoms with Crippen LogP contribution in [0.4, 0.5) is 10.6 Å². The molecule has 3 heterocycles. The highest BCUT2D eigenvalue weighted by Crippen LogP contribution is 2.17. The van der Waals surface area contributed by atoms with Crippen LogP contribution in [-0.4, -0.2) is 98.2 Å². The number of nitrogens with two attached hydrogens (primary N) is 2. The molecule has 2 aliphatic rings. The fourth-order valence-electron chi connectivity index (χ4n) is 4.85. The average molecular weight is 563 g/mol. The zero-order chi connectivity index (χ0) is 27.4. The van der Waals surface area contributed by atoms with Crippen LogP contribution in [0.15, 0.2) is 41.3 Å². The van der Waals surface area contributed by atoms with E-state index in [1.165, 1.54) is 11.5 Å². The first kappa shape index (κ1) is 30.5. The van der Waals surface area contributed by atoms with Crippen molar-refractivity contribution < 1.29 is 14.7 Å². The van der Waals surface area contributed by atoms with E-state index in [1.54, 1.807) is 22.1 Å². The monoisotopic (exact) mass is 562 g/mol. The lowest BCUT2D eigenvalue weighted by Gasteiger charge is -2.41. The summed E-state index contributed by atoms with van der Waals surface area (Å²) in [4.78, 5) is 47.7. The molecule has 214 valence electrons. The number of anilines is 1. The van der Waals surface area contributed by atoms with Gasteiger partial charge in [0, 0.05) is 44.5 Å². The van der Waals surface area contributed by atoms with Crippen LogP contribution in [0.3, 0.4) is 0 Å². The van der Waals surface area contributed by atoms with Gasteiger partial charge in [-0.1, -0.05) is 12.1 Å². The Hall–Kier alpha value is -3.03. The molecule has 13 heteroatoms. The van der Waals surface area contributed by atoms with Crippen LogP contribution in [0, 0.1) is 0 Å². The molecule has 0 aliphatic carbocycles. The van der Waals surface area contributed by atoms with Crippen LogP contribution in [0.1, 0.15) is 32.3 Å². The molecule has 4 rings (SSSR count). The Balaban J connectivity index is 0.00000420. The van der Waals surface area contributed by atoms with Gasteiger partial charge in [0.05, 0.1) is 12.3 Å². The van der Waals surface area contributed by atoms with Gasteiger partial charge in [-0.2, -0.15) is 4.98 Å². The number of urea groups is 1. The van der Waals surface area contributed by atoms with E-state index in [4.69, 9.17) is 11.5 Å². The number of benzene rings is 1. The van der Waals surface area contributed by atoms with Gasteiger partial charge in [-0.05, 0) is 63.5 Å². The normalized spacial score (nSPS) is 20.2. The minimum Gasteiger partial charge on any atom is -0.394 e. The van der Waals surface area contributed by atoms with E-state index in [1.807, 2.05) is 31.2 Å². The third-order valence-corrected chi connectivity index (χ3v) is 7.28. The summed E-state index contributed by atoms with van der Waals surface area (Å²) in [6.45, 7) is 6.53. The maximum Gasteiger partial charge on any atom is 0.354 e. The van der Waals surface area contributed by atoms with Crippen molar-refractivity contribution >= 4 is 30.2 Å². The number of rotatable bonds is 6. The Bertz CT molecular complexity index is 1200. The summed E-state index contributed by atoms with van der Waals surface area (Å²) in [7, 11) is 0. The third-order valence-electron chi connectivity index (χ3n) is 7.28. The number of hydrogen-bond donors (Lipinski definition) is 4. The third kappa shape index (κ3) is 7.34. The van der Waals surface area contributed by atoms with Crippen LogP contribution < -0.4 is 22.5 Å². The molecule has 1 aromatic carbocycles. The summed E-state index contributed by atoms with van der Waals surface area (Å²) in [6.07, 6.45) is 3.60. The molecule has 12 nitrogen and oxygen atoms in total. The molecule has 1 aromatic heterocycles. The van der Waals surface area contributed by atoms with Gasteiger partial charge in [0.1, 0.15) is 11.4 Å². The minimum absolute atomic E-state index is 0. The lowest BCUT2D eigenvalue weighted by atomic mass is 10.0. The minimum atomic E-state index is -1.36. The number of piperazine rings is 1. The van der Waals surface area contributed by atoms with Gasteiger partial charge in [0.25, 0.3) is 0 Å². The van der Waals surface area contributed by atoms with Crippen molar-refractivity contribution in [2.75, 3.05) is 44.6 Å². The molecule has 2 saturated heterocycles. The second-order valence-electron chi connectivity index (χ2n) is 10.5. The van der Waals surface area contributed by atoms with Gasteiger partial charge in [-0.3, -0.25) is 19.6 Å². The number of nitrogens with zero attached hydrogens (tertiary/aromatic N) is 5. The van der Waals surface area contributed by atoms with Gasteiger partial charge in [0.15, 0.2) is 0 Å². The molecular weight excluding hydrogens is 524 g/mol.